The fraction of sp³-hybridized carbons (Fsp3) is 0.333. The van der Waals surface area contributed by atoms with Gasteiger partial charge in [-0.2, -0.15) is 0 Å². The summed E-state index contributed by atoms with van der Waals surface area (Å²) in [5, 5.41) is 7.87. The van der Waals surface area contributed by atoms with Gasteiger partial charge >= 0.3 is 0 Å². The second kappa shape index (κ2) is 4.78. The zero-order valence-corrected chi connectivity index (χ0v) is 9.85. The van der Waals surface area contributed by atoms with Gasteiger partial charge in [-0.25, -0.2) is 0 Å². The van der Waals surface area contributed by atoms with E-state index in [9.17, 15) is 0 Å². The van der Waals surface area contributed by atoms with Gasteiger partial charge in [-0.3, -0.25) is 0 Å². The van der Waals surface area contributed by atoms with Gasteiger partial charge in [-0.1, -0.05) is 23.1 Å². The molecule has 4 nitrogen and oxygen atoms in total. The van der Waals surface area contributed by atoms with Gasteiger partial charge in [0.05, 0.1) is 5.25 Å². The molecule has 2 rings (SSSR count). The maximum absolute atomic E-state index is 5.71. The molecule has 0 spiro atoms. The van der Waals surface area contributed by atoms with Gasteiger partial charge in [-0.15, -0.1) is 10.2 Å². The Hall–Kier alpha value is -0.850. The quantitative estimate of drug-likeness (QED) is 0.831. The summed E-state index contributed by atoms with van der Waals surface area (Å²) in [4.78, 5) is 0. The van der Waals surface area contributed by atoms with Crippen molar-refractivity contribution in [3.8, 4) is 0 Å². The van der Waals surface area contributed by atoms with Crippen LogP contribution in [-0.4, -0.2) is 16.7 Å². The highest BCUT2D eigenvalue weighted by molar-refractivity contribution is 8.01. The number of nitrogens with zero attached hydrogens (tertiary/aromatic N) is 2. The molecule has 1 atom stereocenters. The lowest BCUT2D eigenvalue weighted by atomic mass is 10.3. The van der Waals surface area contributed by atoms with Crippen LogP contribution >= 0.6 is 23.1 Å². The van der Waals surface area contributed by atoms with Gasteiger partial charge in [-0.05, 0) is 19.1 Å². The molecule has 0 radical (unpaired) electrons. The third-order valence-corrected chi connectivity index (χ3v) is 3.93. The summed E-state index contributed by atoms with van der Waals surface area (Å²) < 4.78 is 6.46. The van der Waals surface area contributed by atoms with Crippen molar-refractivity contribution in [3.63, 3.8) is 0 Å². The van der Waals surface area contributed by atoms with Gasteiger partial charge in [0, 0.05) is 6.54 Å². The van der Waals surface area contributed by atoms with Crippen molar-refractivity contribution < 1.29 is 4.42 Å². The third kappa shape index (κ3) is 2.58. The maximum Gasteiger partial charge on any atom is 0.174 e. The van der Waals surface area contributed by atoms with Crippen molar-refractivity contribution in [2.24, 2.45) is 5.73 Å². The minimum absolute atomic E-state index is 0.117. The van der Waals surface area contributed by atoms with E-state index in [-0.39, 0.29) is 5.25 Å². The first-order valence-corrected chi connectivity index (χ1v) is 6.24. The predicted octanol–water partition coefficient (Wildman–Crippen LogP) is 2.23. The van der Waals surface area contributed by atoms with Crippen LogP contribution in [0.1, 0.15) is 16.8 Å². The van der Waals surface area contributed by atoms with Crippen molar-refractivity contribution in [2.75, 3.05) is 6.54 Å². The van der Waals surface area contributed by atoms with Gasteiger partial charge < -0.3 is 10.2 Å². The lowest BCUT2D eigenvalue weighted by molar-refractivity contribution is 0.481. The average Bonchev–Trinajstić information content (AvgIpc) is 2.85. The van der Waals surface area contributed by atoms with E-state index in [0.29, 0.717) is 6.54 Å². The Morgan fingerprint density at radius 3 is 3.00 bits per heavy atom. The molecule has 2 aromatic heterocycles. The summed E-state index contributed by atoms with van der Waals surface area (Å²) in [7, 11) is 0. The number of rotatable bonds is 4. The molecule has 0 fully saturated rings. The molecule has 0 saturated carbocycles. The average molecular weight is 241 g/mol. The number of hydrogen-bond donors (Lipinski definition) is 1. The highest BCUT2D eigenvalue weighted by Gasteiger charge is 2.16. The second-order valence-corrected chi connectivity index (χ2v) is 5.28. The van der Waals surface area contributed by atoms with Crippen molar-refractivity contribution in [1.82, 2.24) is 10.2 Å². The van der Waals surface area contributed by atoms with Crippen LogP contribution < -0.4 is 5.73 Å². The zero-order valence-electron chi connectivity index (χ0n) is 8.21. The molecule has 80 valence electrons. The highest BCUT2D eigenvalue weighted by Crippen LogP contribution is 2.35. The van der Waals surface area contributed by atoms with Gasteiger partial charge in [0.15, 0.2) is 4.34 Å². The number of furan rings is 1. The molecule has 0 aliphatic heterocycles. The van der Waals surface area contributed by atoms with Crippen LogP contribution in [0.3, 0.4) is 0 Å². The second-order valence-electron chi connectivity index (χ2n) is 3.00. The molecule has 15 heavy (non-hydrogen) atoms. The van der Waals surface area contributed by atoms with Crippen molar-refractivity contribution in [2.45, 2.75) is 16.5 Å². The predicted molar refractivity (Wildman–Crippen MR) is 61.0 cm³/mol. The monoisotopic (exact) mass is 241 g/mol. The van der Waals surface area contributed by atoms with E-state index in [0.717, 1.165) is 15.9 Å². The molecule has 0 aromatic carbocycles. The number of hydrogen-bond acceptors (Lipinski definition) is 6. The molecule has 2 heterocycles. The summed E-state index contributed by atoms with van der Waals surface area (Å²) in [6.07, 6.45) is 0. The molecule has 6 heteroatoms. The summed E-state index contributed by atoms with van der Waals surface area (Å²) in [5.41, 5.74) is 7.42. The van der Waals surface area contributed by atoms with Crippen LogP contribution in [0.4, 0.5) is 0 Å². The Labute approximate surface area is 95.9 Å². The van der Waals surface area contributed by atoms with Crippen LogP contribution in [0, 0.1) is 6.92 Å². The first kappa shape index (κ1) is 10.7. The first-order valence-electron chi connectivity index (χ1n) is 4.49. The Kier molecular flexibility index (Phi) is 3.40. The summed E-state index contributed by atoms with van der Waals surface area (Å²) in [5.74, 6) is 1.80. The lowest BCUT2D eigenvalue weighted by Gasteiger charge is -2.08. The number of nitrogens with two attached hydrogens (primary N) is 1. The third-order valence-electron chi connectivity index (χ3n) is 1.88. The Balaban J connectivity index is 2.11. The molecule has 0 saturated heterocycles. The van der Waals surface area contributed by atoms with E-state index in [1.54, 1.807) is 17.3 Å². The molecule has 0 aliphatic carbocycles. The SMILES string of the molecule is Cc1ccc(C(CN)Sc2nncs2)o1. The number of thioether (sulfide) groups is 1. The molecule has 2 N–H and O–H groups in total. The Morgan fingerprint density at radius 1 is 1.60 bits per heavy atom. The van der Waals surface area contributed by atoms with Gasteiger partial charge in [0.1, 0.15) is 17.0 Å². The van der Waals surface area contributed by atoms with E-state index in [2.05, 4.69) is 10.2 Å². The van der Waals surface area contributed by atoms with Crippen molar-refractivity contribution >= 4 is 23.1 Å². The Bertz CT molecular complexity index is 413. The molecule has 2 aromatic rings. The fourth-order valence-corrected chi connectivity index (χ4v) is 2.84. The number of aryl methyl sites for hydroxylation is 1. The first-order chi connectivity index (χ1) is 7.29. The summed E-state index contributed by atoms with van der Waals surface area (Å²) in [6, 6.07) is 3.90. The molecule has 0 aliphatic rings. The van der Waals surface area contributed by atoms with Crippen LogP contribution in [0.2, 0.25) is 0 Å². The van der Waals surface area contributed by atoms with E-state index >= 15 is 0 Å². The van der Waals surface area contributed by atoms with Crippen LogP contribution in [0.25, 0.3) is 0 Å². The minimum Gasteiger partial charge on any atom is -0.465 e. The number of aromatic nitrogens is 2. The van der Waals surface area contributed by atoms with E-state index < -0.39 is 0 Å². The van der Waals surface area contributed by atoms with E-state index in [4.69, 9.17) is 10.2 Å². The van der Waals surface area contributed by atoms with Crippen molar-refractivity contribution in [3.05, 3.63) is 29.2 Å². The smallest absolute Gasteiger partial charge is 0.174 e. The molecule has 0 bridgehead atoms. The van der Waals surface area contributed by atoms with Gasteiger partial charge in [0.25, 0.3) is 0 Å². The van der Waals surface area contributed by atoms with E-state index in [1.807, 2.05) is 19.1 Å². The van der Waals surface area contributed by atoms with Gasteiger partial charge in [0.2, 0.25) is 0 Å². The van der Waals surface area contributed by atoms with Crippen LogP contribution in [0.15, 0.2) is 26.4 Å². The van der Waals surface area contributed by atoms with Crippen LogP contribution in [0.5, 0.6) is 0 Å². The maximum atomic E-state index is 5.71. The van der Waals surface area contributed by atoms with Crippen LogP contribution in [-0.2, 0) is 0 Å². The topological polar surface area (TPSA) is 64.9 Å². The molecular formula is C9H11N3OS2. The summed E-state index contributed by atoms with van der Waals surface area (Å²) >= 11 is 3.10. The fourth-order valence-electron chi connectivity index (χ4n) is 1.18. The standard InChI is InChI=1S/C9H11N3OS2/c1-6-2-3-7(13-6)8(4-10)15-9-12-11-5-14-9/h2-3,5,8H,4,10H2,1H3. The Morgan fingerprint density at radius 2 is 2.47 bits per heavy atom. The molecule has 1 unspecified atom stereocenters. The minimum atomic E-state index is 0.117. The largest absolute Gasteiger partial charge is 0.465 e. The van der Waals surface area contributed by atoms with Crippen molar-refractivity contribution in [1.29, 1.82) is 0 Å². The van der Waals surface area contributed by atoms with E-state index in [1.165, 1.54) is 11.3 Å². The lowest BCUT2D eigenvalue weighted by Crippen LogP contribution is -2.08. The highest BCUT2D eigenvalue weighted by atomic mass is 32.2. The zero-order chi connectivity index (χ0) is 10.7. The molecular weight excluding hydrogens is 230 g/mol. The summed E-state index contributed by atoms with van der Waals surface area (Å²) in [6.45, 7) is 2.45. The normalized spacial score (nSPS) is 12.9. The molecule has 0 amide bonds.